The zero-order chi connectivity index (χ0) is 12.7. The maximum Gasteiger partial charge on any atom is 0.254 e. The Morgan fingerprint density at radius 2 is 2.06 bits per heavy atom. The third-order valence-corrected chi connectivity index (χ3v) is 3.92. The number of carbonyl (C=O) groups excluding carboxylic acids is 1. The van der Waals surface area contributed by atoms with Gasteiger partial charge in [0.15, 0.2) is 0 Å². The number of rotatable bonds is 1. The number of nitrogens with zero attached hydrogens (tertiary/aromatic N) is 1. The van der Waals surface area contributed by atoms with Gasteiger partial charge in [0.1, 0.15) is 0 Å². The smallest absolute Gasteiger partial charge is 0.254 e. The van der Waals surface area contributed by atoms with Crippen LogP contribution in [0.3, 0.4) is 0 Å². The quantitative estimate of drug-likeness (QED) is 0.879. The largest absolute Gasteiger partial charge is 0.389 e. The standard InChI is InChI=1S/C14H12BrNO2/c15-13-3-1-2-9-6-10(4-5-12(9)13)14(18)16-7-11(17)8-16/h1-6,11,17H,7-8H2. The van der Waals surface area contributed by atoms with Gasteiger partial charge in [-0.15, -0.1) is 0 Å². The van der Waals surface area contributed by atoms with Crippen molar-refractivity contribution in [3.05, 3.63) is 46.4 Å². The summed E-state index contributed by atoms with van der Waals surface area (Å²) in [7, 11) is 0. The molecule has 0 bridgehead atoms. The van der Waals surface area contributed by atoms with Crippen molar-refractivity contribution in [1.82, 2.24) is 4.90 Å². The van der Waals surface area contributed by atoms with Gasteiger partial charge in [0.25, 0.3) is 5.91 Å². The summed E-state index contributed by atoms with van der Waals surface area (Å²) in [6.45, 7) is 0.880. The summed E-state index contributed by atoms with van der Waals surface area (Å²) in [6.07, 6.45) is -0.358. The normalized spacial score (nSPS) is 15.8. The average molecular weight is 306 g/mol. The minimum Gasteiger partial charge on any atom is -0.389 e. The Hall–Kier alpha value is -1.39. The molecule has 18 heavy (non-hydrogen) atoms. The fourth-order valence-electron chi connectivity index (χ4n) is 2.18. The van der Waals surface area contributed by atoms with Gasteiger partial charge in [0, 0.05) is 23.1 Å². The van der Waals surface area contributed by atoms with Gasteiger partial charge in [-0.3, -0.25) is 4.79 Å². The second kappa shape index (κ2) is 4.37. The van der Waals surface area contributed by atoms with Crippen LogP contribution in [0.25, 0.3) is 10.8 Å². The Labute approximate surface area is 113 Å². The predicted molar refractivity (Wildman–Crippen MR) is 73.6 cm³/mol. The van der Waals surface area contributed by atoms with Crippen LogP contribution in [0.2, 0.25) is 0 Å². The van der Waals surface area contributed by atoms with Crippen LogP contribution < -0.4 is 0 Å². The fourth-order valence-corrected chi connectivity index (χ4v) is 2.69. The molecule has 1 aliphatic heterocycles. The zero-order valence-electron chi connectivity index (χ0n) is 9.64. The van der Waals surface area contributed by atoms with Crippen molar-refractivity contribution in [2.24, 2.45) is 0 Å². The molecule has 2 aromatic carbocycles. The van der Waals surface area contributed by atoms with Crippen molar-refractivity contribution in [3.63, 3.8) is 0 Å². The summed E-state index contributed by atoms with van der Waals surface area (Å²) >= 11 is 3.49. The van der Waals surface area contributed by atoms with E-state index in [2.05, 4.69) is 15.9 Å². The Balaban J connectivity index is 1.96. The van der Waals surface area contributed by atoms with Gasteiger partial charge < -0.3 is 10.0 Å². The number of β-amino-alcohol motifs (C(OH)–C–C–N with tert-alkyl or cyclic N) is 1. The maximum absolute atomic E-state index is 12.1. The molecular weight excluding hydrogens is 294 g/mol. The average Bonchev–Trinajstić information content (AvgIpc) is 2.34. The maximum atomic E-state index is 12.1. The zero-order valence-corrected chi connectivity index (χ0v) is 11.2. The van der Waals surface area contributed by atoms with E-state index in [1.165, 1.54) is 0 Å². The van der Waals surface area contributed by atoms with Gasteiger partial charge in [-0.05, 0) is 29.0 Å². The van der Waals surface area contributed by atoms with Crippen molar-refractivity contribution in [2.75, 3.05) is 13.1 Å². The van der Waals surface area contributed by atoms with Crippen LogP contribution >= 0.6 is 15.9 Å². The van der Waals surface area contributed by atoms with E-state index in [1.54, 1.807) is 4.90 Å². The van der Waals surface area contributed by atoms with E-state index in [0.717, 1.165) is 15.2 Å². The lowest BCUT2D eigenvalue weighted by atomic mass is 10.0. The van der Waals surface area contributed by atoms with E-state index >= 15 is 0 Å². The molecule has 1 amide bonds. The second-order valence-electron chi connectivity index (χ2n) is 4.54. The molecule has 0 unspecified atom stereocenters. The lowest BCUT2D eigenvalue weighted by molar-refractivity contribution is 0.00591. The van der Waals surface area contributed by atoms with E-state index in [4.69, 9.17) is 0 Å². The summed E-state index contributed by atoms with van der Waals surface area (Å²) in [5.41, 5.74) is 0.674. The van der Waals surface area contributed by atoms with Crippen molar-refractivity contribution in [1.29, 1.82) is 0 Å². The first-order valence-electron chi connectivity index (χ1n) is 5.81. The first-order valence-corrected chi connectivity index (χ1v) is 6.60. The van der Waals surface area contributed by atoms with E-state index < -0.39 is 0 Å². The molecule has 1 N–H and O–H groups in total. The molecule has 0 radical (unpaired) electrons. The molecule has 4 heteroatoms. The second-order valence-corrected chi connectivity index (χ2v) is 5.39. The molecule has 3 nitrogen and oxygen atoms in total. The first kappa shape index (κ1) is 11.7. The van der Waals surface area contributed by atoms with E-state index in [9.17, 15) is 9.90 Å². The number of amides is 1. The number of halogens is 1. The summed E-state index contributed by atoms with van der Waals surface area (Å²) in [5, 5.41) is 11.4. The van der Waals surface area contributed by atoms with Crippen LogP contribution in [-0.2, 0) is 0 Å². The summed E-state index contributed by atoms with van der Waals surface area (Å²) < 4.78 is 1.03. The topological polar surface area (TPSA) is 40.5 Å². The molecule has 0 aliphatic carbocycles. The van der Waals surface area contributed by atoms with E-state index in [0.29, 0.717) is 18.7 Å². The molecular formula is C14H12BrNO2. The molecule has 1 aliphatic rings. The Bertz CT molecular complexity index is 620. The lowest BCUT2D eigenvalue weighted by Gasteiger charge is -2.35. The van der Waals surface area contributed by atoms with Gasteiger partial charge >= 0.3 is 0 Å². The summed E-state index contributed by atoms with van der Waals surface area (Å²) in [5.74, 6) is -0.0119. The number of carbonyl (C=O) groups is 1. The van der Waals surface area contributed by atoms with Crippen LogP contribution in [0.1, 0.15) is 10.4 Å². The predicted octanol–water partition coefficient (Wildman–Crippen LogP) is 2.42. The lowest BCUT2D eigenvalue weighted by Crippen LogP contribution is -2.53. The molecule has 2 aromatic rings. The molecule has 92 valence electrons. The Kier molecular flexibility index (Phi) is 2.84. The highest BCUT2D eigenvalue weighted by atomic mass is 79.9. The molecule has 1 saturated heterocycles. The van der Waals surface area contributed by atoms with Gasteiger partial charge in [0.05, 0.1) is 6.10 Å². The Morgan fingerprint density at radius 1 is 1.28 bits per heavy atom. The third kappa shape index (κ3) is 1.91. The Morgan fingerprint density at radius 3 is 2.78 bits per heavy atom. The highest BCUT2D eigenvalue weighted by Gasteiger charge is 2.29. The third-order valence-electron chi connectivity index (χ3n) is 3.22. The van der Waals surface area contributed by atoms with E-state index in [-0.39, 0.29) is 12.0 Å². The molecule has 3 rings (SSSR count). The van der Waals surface area contributed by atoms with Gasteiger partial charge in [-0.1, -0.05) is 34.1 Å². The number of aliphatic hydroxyl groups excluding tert-OH is 1. The first-order chi connectivity index (χ1) is 8.65. The molecule has 0 atom stereocenters. The van der Waals surface area contributed by atoms with Crippen LogP contribution in [-0.4, -0.2) is 35.1 Å². The number of hydrogen-bond acceptors (Lipinski definition) is 2. The highest BCUT2D eigenvalue weighted by Crippen LogP contribution is 2.25. The van der Waals surface area contributed by atoms with Gasteiger partial charge in [-0.2, -0.15) is 0 Å². The molecule has 0 aromatic heterocycles. The molecule has 1 fully saturated rings. The number of benzene rings is 2. The molecule has 1 heterocycles. The van der Waals surface area contributed by atoms with Crippen LogP contribution in [0.4, 0.5) is 0 Å². The molecule has 0 saturated carbocycles. The SMILES string of the molecule is O=C(c1ccc2c(Br)cccc2c1)N1CC(O)C1. The summed E-state index contributed by atoms with van der Waals surface area (Å²) in [6, 6.07) is 11.6. The van der Waals surface area contributed by atoms with Crippen molar-refractivity contribution >= 4 is 32.6 Å². The number of likely N-dealkylation sites (tertiary alicyclic amines) is 1. The number of aliphatic hydroxyl groups is 1. The van der Waals surface area contributed by atoms with Crippen LogP contribution in [0, 0.1) is 0 Å². The number of hydrogen-bond donors (Lipinski definition) is 1. The van der Waals surface area contributed by atoms with Crippen molar-refractivity contribution in [2.45, 2.75) is 6.10 Å². The minimum absolute atomic E-state index is 0.0119. The highest BCUT2D eigenvalue weighted by molar-refractivity contribution is 9.10. The summed E-state index contributed by atoms with van der Waals surface area (Å²) in [4.78, 5) is 13.8. The van der Waals surface area contributed by atoms with Crippen LogP contribution in [0.5, 0.6) is 0 Å². The van der Waals surface area contributed by atoms with Crippen molar-refractivity contribution in [3.8, 4) is 0 Å². The van der Waals surface area contributed by atoms with Gasteiger partial charge in [-0.25, -0.2) is 0 Å². The van der Waals surface area contributed by atoms with Crippen LogP contribution in [0.15, 0.2) is 40.9 Å². The number of fused-ring (bicyclic) bond motifs is 1. The molecule has 0 spiro atoms. The monoisotopic (exact) mass is 305 g/mol. The van der Waals surface area contributed by atoms with E-state index in [1.807, 2.05) is 36.4 Å². The minimum atomic E-state index is -0.358. The van der Waals surface area contributed by atoms with Gasteiger partial charge in [0.2, 0.25) is 0 Å². The fraction of sp³-hybridized carbons (Fsp3) is 0.214. The van der Waals surface area contributed by atoms with Crippen molar-refractivity contribution < 1.29 is 9.90 Å².